The number of methoxy groups -OCH3 is 1. The summed E-state index contributed by atoms with van der Waals surface area (Å²) in [5, 5.41) is 0. The van der Waals surface area contributed by atoms with Gasteiger partial charge in [-0.1, -0.05) is 18.2 Å². The van der Waals surface area contributed by atoms with E-state index in [1.807, 2.05) is 29.7 Å². The van der Waals surface area contributed by atoms with E-state index in [9.17, 15) is 4.79 Å². The fraction of sp³-hybridized carbons (Fsp3) is 0.333. The van der Waals surface area contributed by atoms with Crippen molar-refractivity contribution in [3.05, 3.63) is 47.5 Å². The van der Waals surface area contributed by atoms with Gasteiger partial charge < -0.3 is 14.0 Å². The molecule has 1 unspecified atom stereocenters. The molecule has 0 fully saturated rings. The number of aromatic nitrogens is 2. The summed E-state index contributed by atoms with van der Waals surface area (Å²) in [5.74, 6) is 1.59. The average Bonchev–Trinajstić information content (AvgIpc) is 3.04. The monoisotopic (exact) mass is 272 g/mol. The summed E-state index contributed by atoms with van der Waals surface area (Å²) in [6.45, 7) is 3.17. The quantitative estimate of drug-likeness (QED) is 0.803. The van der Waals surface area contributed by atoms with E-state index in [1.54, 1.807) is 6.20 Å². The molecule has 0 aliphatic carbocycles. The Bertz CT molecular complexity index is 648. The molecule has 1 aromatic heterocycles. The molecule has 0 N–H and O–H groups in total. The number of aryl methyl sites for hydroxylation is 1. The summed E-state index contributed by atoms with van der Waals surface area (Å²) in [4.78, 5) is 16.0. The van der Waals surface area contributed by atoms with E-state index < -0.39 is 0 Å². The second kappa shape index (κ2) is 5.00. The van der Waals surface area contributed by atoms with Crippen LogP contribution in [0.4, 0.5) is 0 Å². The van der Waals surface area contributed by atoms with Crippen molar-refractivity contribution in [2.75, 3.05) is 13.7 Å². The van der Waals surface area contributed by atoms with Crippen LogP contribution in [0.25, 0.3) is 0 Å². The van der Waals surface area contributed by atoms with Crippen molar-refractivity contribution >= 4 is 5.97 Å². The molecule has 0 saturated carbocycles. The molecule has 5 nitrogen and oxygen atoms in total. The number of fused-ring (bicyclic) bond motifs is 1. The highest BCUT2D eigenvalue weighted by molar-refractivity contribution is 5.87. The second-order valence-electron chi connectivity index (χ2n) is 4.84. The molecule has 2 heterocycles. The Morgan fingerprint density at radius 1 is 1.50 bits per heavy atom. The fourth-order valence-electron chi connectivity index (χ4n) is 2.57. The summed E-state index contributed by atoms with van der Waals surface area (Å²) in [7, 11) is 1.38. The number of esters is 1. The maximum Gasteiger partial charge on any atom is 0.356 e. The van der Waals surface area contributed by atoms with Crippen LogP contribution in [0.2, 0.25) is 0 Å². The highest BCUT2D eigenvalue weighted by Gasteiger charge is 2.26. The number of benzene rings is 1. The minimum Gasteiger partial charge on any atom is -0.493 e. The number of hydrogen-bond donors (Lipinski definition) is 0. The first-order valence-corrected chi connectivity index (χ1v) is 6.53. The van der Waals surface area contributed by atoms with Crippen LogP contribution < -0.4 is 4.74 Å². The Morgan fingerprint density at radius 3 is 3.10 bits per heavy atom. The van der Waals surface area contributed by atoms with Crippen molar-refractivity contribution in [3.63, 3.8) is 0 Å². The maximum atomic E-state index is 11.8. The fourth-order valence-corrected chi connectivity index (χ4v) is 2.57. The number of hydrogen-bond acceptors (Lipinski definition) is 4. The summed E-state index contributed by atoms with van der Waals surface area (Å²) in [6, 6.07) is 8.00. The largest absolute Gasteiger partial charge is 0.493 e. The number of imidazole rings is 1. The lowest BCUT2D eigenvalue weighted by Gasteiger charge is -2.13. The van der Waals surface area contributed by atoms with Gasteiger partial charge >= 0.3 is 5.97 Å². The Balaban J connectivity index is 1.90. The van der Waals surface area contributed by atoms with Crippen LogP contribution in [0.15, 0.2) is 30.5 Å². The van der Waals surface area contributed by atoms with Crippen molar-refractivity contribution in [1.29, 1.82) is 0 Å². The van der Waals surface area contributed by atoms with E-state index in [2.05, 4.69) is 11.1 Å². The standard InChI is InChI=1S/C15H16N2O3/c1-10-16-7-13(15(18)19-2)17(10)8-11-9-20-14-6-4-3-5-12(11)14/h3-7,11H,8-9H2,1-2H3. The number of para-hydroxylation sites is 1. The number of nitrogens with zero attached hydrogens (tertiary/aromatic N) is 2. The smallest absolute Gasteiger partial charge is 0.356 e. The number of carbonyl (C=O) groups excluding carboxylic acids is 1. The Hall–Kier alpha value is -2.30. The molecule has 0 bridgehead atoms. The molecule has 0 radical (unpaired) electrons. The van der Waals surface area contributed by atoms with Crippen molar-refractivity contribution in [2.24, 2.45) is 0 Å². The van der Waals surface area contributed by atoms with Gasteiger partial charge in [-0.05, 0) is 13.0 Å². The molecule has 1 atom stereocenters. The van der Waals surface area contributed by atoms with Crippen LogP contribution in [-0.2, 0) is 11.3 Å². The lowest BCUT2D eigenvalue weighted by atomic mass is 10.0. The molecule has 0 saturated heterocycles. The first-order valence-electron chi connectivity index (χ1n) is 6.53. The van der Waals surface area contributed by atoms with E-state index in [0.29, 0.717) is 18.8 Å². The van der Waals surface area contributed by atoms with E-state index in [1.165, 1.54) is 12.7 Å². The third-order valence-electron chi connectivity index (χ3n) is 3.65. The lowest BCUT2D eigenvalue weighted by molar-refractivity contribution is 0.0587. The SMILES string of the molecule is COC(=O)c1cnc(C)n1CC1COc2ccccc21. The molecule has 5 heteroatoms. The highest BCUT2D eigenvalue weighted by Crippen LogP contribution is 2.34. The minimum absolute atomic E-state index is 0.225. The maximum absolute atomic E-state index is 11.8. The normalized spacial score (nSPS) is 16.6. The zero-order valence-electron chi connectivity index (χ0n) is 11.5. The van der Waals surface area contributed by atoms with Gasteiger partial charge in [0.15, 0.2) is 0 Å². The third kappa shape index (κ3) is 2.05. The number of ether oxygens (including phenoxy) is 2. The average molecular weight is 272 g/mol. The Morgan fingerprint density at radius 2 is 2.30 bits per heavy atom. The Kier molecular flexibility index (Phi) is 3.18. The predicted octanol–water partition coefficient (Wildman–Crippen LogP) is 2.15. The molecule has 3 rings (SSSR count). The van der Waals surface area contributed by atoms with Gasteiger partial charge in [-0.2, -0.15) is 0 Å². The molecule has 104 valence electrons. The molecule has 2 aromatic rings. The van der Waals surface area contributed by atoms with Gasteiger partial charge in [-0.3, -0.25) is 0 Å². The molecular weight excluding hydrogens is 256 g/mol. The molecule has 1 aliphatic rings. The summed E-state index contributed by atoms with van der Waals surface area (Å²) in [5.41, 5.74) is 1.66. The molecular formula is C15H16N2O3. The number of carbonyl (C=O) groups is 1. The Labute approximate surface area is 117 Å². The van der Waals surface area contributed by atoms with Crippen LogP contribution in [0.1, 0.15) is 27.8 Å². The lowest BCUT2D eigenvalue weighted by Crippen LogP contribution is -2.17. The van der Waals surface area contributed by atoms with Gasteiger partial charge in [-0.15, -0.1) is 0 Å². The molecule has 1 aliphatic heterocycles. The van der Waals surface area contributed by atoms with Gasteiger partial charge in [0.2, 0.25) is 0 Å². The zero-order chi connectivity index (χ0) is 14.1. The third-order valence-corrected chi connectivity index (χ3v) is 3.65. The molecule has 0 spiro atoms. The van der Waals surface area contributed by atoms with Crippen LogP contribution in [-0.4, -0.2) is 29.2 Å². The van der Waals surface area contributed by atoms with Gasteiger partial charge in [0.25, 0.3) is 0 Å². The van der Waals surface area contributed by atoms with Crippen molar-refractivity contribution in [3.8, 4) is 5.75 Å². The second-order valence-corrected chi connectivity index (χ2v) is 4.84. The predicted molar refractivity (Wildman–Crippen MR) is 73.0 cm³/mol. The van der Waals surface area contributed by atoms with Crippen molar-refractivity contribution < 1.29 is 14.3 Å². The summed E-state index contributed by atoms with van der Waals surface area (Å²) in [6.07, 6.45) is 1.56. The summed E-state index contributed by atoms with van der Waals surface area (Å²) < 4.78 is 12.4. The van der Waals surface area contributed by atoms with E-state index in [0.717, 1.165) is 11.6 Å². The topological polar surface area (TPSA) is 53.3 Å². The van der Waals surface area contributed by atoms with E-state index in [4.69, 9.17) is 9.47 Å². The van der Waals surface area contributed by atoms with E-state index in [-0.39, 0.29) is 11.9 Å². The van der Waals surface area contributed by atoms with Gasteiger partial charge in [0.1, 0.15) is 17.3 Å². The molecule has 0 amide bonds. The first kappa shape index (κ1) is 12.7. The van der Waals surface area contributed by atoms with Gasteiger partial charge in [0, 0.05) is 18.0 Å². The van der Waals surface area contributed by atoms with Crippen molar-refractivity contribution in [1.82, 2.24) is 9.55 Å². The van der Waals surface area contributed by atoms with Gasteiger partial charge in [0.05, 0.1) is 19.9 Å². The summed E-state index contributed by atoms with van der Waals surface area (Å²) >= 11 is 0. The van der Waals surface area contributed by atoms with E-state index >= 15 is 0 Å². The highest BCUT2D eigenvalue weighted by atomic mass is 16.5. The zero-order valence-corrected chi connectivity index (χ0v) is 11.5. The van der Waals surface area contributed by atoms with Crippen LogP contribution in [0.3, 0.4) is 0 Å². The van der Waals surface area contributed by atoms with Gasteiger partial charge in [-0.25, -0.2) is 9.78 Å². The molecule has 20 heavy (non-hydrogen) atoms. The van der Waals surface area contributed by atoms with Crippen LogP contribution >= 0.6 is 0 Å². The molecule has 1 aromatic carbocycles. The van der Waals surface area contributed by atoms with Crippen LogP contribution in [0, 0.1) is 6.92 Å². The first-order chi connectivity index (χ1) is 9.70. The van der Waals surface area contributed by atoms with Crippen molar-refractivity contribution in [2.45, 2.75) is 19.4 Å². The van der Waals surface area contributed by atoms with Crippen LogP contribution in [0.5, 0.6) is 5.75 Å². The number of rotatable bonds is 3. The minimum atomic E-state index is -0.363.